The van der Waals surface area contributed by atoms with E-state index in [0.29, 0.717) is 22.5 Å². The van der Waals surface area contributed by atoms with Crippen LogP contribution in [0.1, 0.15) is 79.2 Å². The largest absolute Gasteiger partial charge is 0.497 e. The second-order valence-electron chi connectivity index (χ2n) is 8.64. The molecule has 0 saturated heterocycles. The van der Waals surface area contributed by atoms with Crippen molar-refractivity contribution in [3.63, 3.8) is 0 Å². The Kier molecular flexibility index (Phi) is 9.40. The third kappa shape index (κ3) is 5.75. The number of hydrogen-bond acceptors (Lipinski definition) is 1. The minimum Gasteiger partial charge on any atom is -0.497 e. The third-order valence-electron chi connectivity index (χ3n) is 6.09. The number of methoxy groups -OCH3 is 1. The zero-order chi connectivity index (χ0) is 20.6. The fourth-order valence-corrected chi connectivity index (χ4v) is 9.74. The van der Waals surface area contributed by atoms with Crippen molar-refractivity contribution in [3.05, 3.63) is 42.0 Å². The molecule has 150 valence electrons. The molecule has 0 heterocycles. The first-order valence-electron chi connectivity index (χ1n) is 10.6. The second-order valence-corrected chi connectivity index (χ2v) is 14.2. The second kappa shape index (κ2) is 10.8. The minimum absolute atomic E-state index is 0.307. The minimum atomic E-state index is -1.73. The van der Waals surface area contributed by atoms with Gasteiger partial charge in [-0.25, -0.2) is 0 Å². The number of allylic oxidation sites excluding steroid dienone is 1. The lowest BCUT2D eigenvalue weighted by Crippen LogP contribution is -2.43. The summed E-state index contributed by atoms with van der Waals surface area (Å²) in [4.78, 5) is 0. The molecule has 0 fully saturated rings. The molecule has 0 aromatic heterocycles. The molecule has 0 bridgehead atoms. The summed E-state index contributed by atoms with van der Waals surface area (Å²) in [7, 11) is -0.0148. The molecule has 1 aromatic rings. The Labute approximate surface area is 169 Å². The number of benzene rings is 1. The van der Waals surface area contributed by atoms with E-state index in [-0.39, 0.29) is 0 Å². The highest BCUT2D eigenvalue weighted by molar-refractivity contribution is 6.90. The zero-order valence-corrected chi connectivity index (χ0v) is 19.9. The summed E-state index contributed by atoms with van der Waals surface area (Å²) in [6, 6.07) is 8.43. The van der Waals surface area contributed by atoms with Crippen LogP contribution in [0.5, 0.6) is 5.75 Å². The van der Waals surface area contributed by atoms with E-state index in [0.717, 1.165) is 17.7 Å². The van der Waals surface area contributed by atoms with Crippen LogP contribution in [0.4, 0.5) is 0 Å². The molecule has 0 amide bonds. The third-order valence-corrected chi connectivity index (χ3v) is 12.4. The smallest absolute Gasteiger partial charge is 0.146 e. The molecular weight excluding hydrogens is 344 g/mol. The normalized spacial score (nSPS) is 12.9. The van der Waals surface area contributed by atoms with Crippen LogP contribution in [-0.2, 0) is 0 Å². The molecule has 0 saturated carbocycles. The van der Waals surface area contributed by atoms with Gasteiger partial charge in [-0.15, -0.1) is 5.54 Å². The highest BCUT2D eigenvalue weighted by Gasteiger charge is 2.41. The van der Waals surface area contributed by atoms with Crippen molar-refractivity contribution < 1.29 is 4.74 Å². The average molecular weight is 385 g/mol. The van der Waals surface area contributed by atoms with E-state index < -0.39 is 8.07 Å². The van der Waals surface area contributed by atoms with E-state index in [2.05, 4.69) is 78.6 Å². The molecule has 1 rings (SSSR count). The van der Waals surface area contributed by atoms with Gasteiger partial charge < -0.3 is 4.74 Å². The summed E-state index contributed by atoms with van der Waals surface area (Å²) in [5, 5.41) is 0. The van der Waals surface area contributed by atoms with Gasteiger partial charge in [0.2, 0.25) is 0 Å². The Bertz CT molecular complexity index is 621. The molecule has 0 aliphatic rings. The fraction of sp³-hybridized carbons (Fsp3) is 0.600. The summed E-state index contributed by atoms with van der Waals surface area (Å²) in [6.07, 6.45) is 3.49. The van der Waals surface area contributed by atoms with Gasteiger partial charge in [-0.05, 0) is 40.7 Å². The van der Waals surface area contributed by atoms with Gasteiger partial charge in [0.05, 0.1) is 7.11 Å². The Morgan fingerprint density at radius 3 is 1.93 bits per heavy atom. The lowest BCUT2D eigenvalue weighted by Gasteiger charge is -2.38. The Hall–Kier alpha value is -1.46. The van der Waals surface area contributed by atoms with Gasteiger partial charge in [-0.1, -0.05) is 85.9 Å². The first-order valence-corrected chi connectivity index (χ1v) is 12.8. The molecule has 0 radical (unpaired) electrons. The number of unbranched alkanes of at least 4 members (excludes halogenated alkanes) is 1. The summed E-state index contributed by atoms with van der Waals surface area (Å²) in [5.74, 6) is 4.80. The van der Waals surface area contributed by atoms with E-state index in [1.807, 2.05) is 12.1 Å². The van der Waals surface area contributed by atoms with Crippen LogP contribution in [0.2, 0.25) is 16.6 Å². The molecular formula is C25H40OSi. The first kappa shape index (κ1) is 23.6. The van der Waals surface area contributed by atoms with Gasteiger partial charge in [-0.2, -0.15) is 0 Å². The maximum Gasteiger partial charge on any atom is 0.146 e. The lowest BCUT2D eigenvalue weighted by molar-refractivity contribution is 0.414. The van der Waals surface area contributed by atoms with Crippen LogP contribution in [0.25, 0.3) is 0 Å². The van der Waals surface area contributed by atoms with Crippen molar-refractivity contribution in [2.75, 3.05) is 7.11 Å². The maximum absolute atomic E-state index is 5.32. The average Bonchev–Trinajstić information content (AvgIpc) is 2.62. The number of hydrogen-bond donors (Lipinski definition) is 0. The van der Waals surface area contributed by atoms with Crippen LogP contribution in [0.15, 0.2) is 36.4 Å². The predicted octanol–water partition coefficient (Wildman–Crippen LogP) is 7.75. The van der Waals surface area contributed by atoms with E-state index in [9.17, 15) is 0 Å². The Morgan fingerprint density at radius 1 is 1.00 bits per heavy atom. The van der Waals surface area contributed by atoms with E-state index >= 15 is 0 Å². The maximum atomic E-state index is 5.32. The quantitative estimate of drug-likeness (QED) is 0.312. The zero-order valence-electron chi connectivity index (χ0n) is 18.9. The highest BCUT2D eigenvalue weighted by atomic mass is 28.3. The topological polar surface area (TPSA) is 9.23 Å². The molecule has 0 spiro atoms. The van der Waals surface area contributed by atoms with Crippen molar-refractivity contribution >= 4 is 8.07 Å². The Morgan fingerprint density at radius 2 is 1.52 bits per heavy atom. The van der Waals surface area contributed by atoms with Crippen LogP contribution in [-0.4, -0.2) is 15.2 Å². The van der Waals surface area contributed by atoms with Gasteiger partial charge >= 0.3 is 0 Å². The molecule has 1 unspecified atom stereocenters. The SMILES string of the molecule is C=C(C#C[Si](C(C)C)(C(C)C)C(C)C)C(CCCC)c1ccc(OC)cc1. The summed E-state index contributed by atoms with van der Waals surface area (Å²) >= 11 is 0. The first-order chi connectivity index (χ1) is 12.7. The summed E-state index contributed by atoms with van der Waals surface area (Å²) in [6.45, 7) is 20.8. The molecule has 0 aliphatic heterocycles. The standard InChI is InChI=1S/C25H40OSi/c1-10-11-12-25(23-13-15-24(26-9)16-14-23)22(8)17-18-27(19(2)3,20(4)5)21(6)7/h13-16,19-21,25H,8,10-12H2,1-7,9H3. The molecule has 27 heavy (non-hydrogen) atoms. The number of rotatable bonds is 9. The summed E-state index contributed by atoms with van der Waals surface area (Å²) < 4.78 is 5.32. The van der Waals surface area contributed by atoms with Gasteiger partial charge in [0, 0.05) is 11.5 Å². The monoisotopic (exact) mass is 384 g/mol. The van der Waals surface area contributed by atoms with E-state index in [4.69, 9.17) is 4.74 Å². The Balaban J connectivity index is 3.24. The van der Waals surface area contributed by atoms with Crippen molar-refractivity contribution in [3.8, 4) is 17.2 Å². The fourth-order valence-electron chi connectivity index (χ4n) is 4.50. The van der Waals surface area contributed by atoms with Gasteiger partial charge in [0.1, 0.15) is 13.8 Å². The predicted molar refractivity (Wildman–Crippen MR) is 123 cm³/mol. The van der Waals surface area contributed by atoms with Gasteiger partial charge in [0.15, 0.2) is 0 Å². The molecule has 1 nitrogen and oxygen atoms in total. The summed E-state index contributed by atoms with van der Waals surface area (Å²) in [5.41, 5.74) is 8.16. The van der Waals surface area contributed by atoms with Crippen LogP contribution in [0, 0.1) is 11.5 Å². The molecule has 1 atom stereocenters. The molecule has 0 aliphatic carbocycles. The van der Waals surface area contributed by atoms with Crippen molar-refractivity contribution in [2.45, 2.75) is 90.3 Å². The highest BCUT2D eigenvalue weighted by Crippen LogP contribution is 2.41. The van der Waals surface area contributed by atoms with Crippen LogP contribution >= 0.6 is 0 Å². The van der Waals surface area contributed by atoms with Gasteiger partial charge in [0.25, 0.3) is 0 Å². The van der Waals surface area contributed by atoms with Gasteiger partial charge in [-0.3, -0.25) is 0 Å². The van der Waals surface area contributed by atoms with E-state index in [1.54, 1.807) is 7.11 Å². The van der Waals surface area contributed by atoms with Crippen molar-refractivity contribution in [2.24, 2.45) is 0 Å². The molecule has 0 N–H and O–H groups in total. The van der Waals surface area contributed by atoms with E-state index in [1.165, 1.54) is 18.4 Å². The van der Waals surface area contributed by atoms with Crippen LogP contribution < -0.4 is 4.74 Å². The molecule has 1 aromatic carbocycles. The molecule has 2 heteroatoms. The lowest BCUT2D eigenvalue weighted by atomic mass is 9.88. The number of ether oxygens (including phenoxy) is 1. The van der Waals surface area contributed by atoms with Crippen molar-refractivity contribution in [1.82, 2.24) is 0 Å². The van der Waals surface area contributed by atoms with Crippen LogP contribution in [0.3, 0.4) is 0 Å². The van der Waals surface area contributed by atoms with Crippen molar-refractivity contribution in [1.29, 1.82) is 0 Å².